The lowest BCUT2D eigenvalue weighted by atomic mass is 9.80. The number of hydrogen-bond acceptors (Lipinski definition) is 5. The number of carbonyl (C=O) groups is 2. The zero-order chi connectivity index (χ0) is 22.0. The molecular formula is C24H29N3O4. The molecule has 164 valence electrons. The second-order valence-corrected chi connectivity index (χ2v) is 8.87. The van der Waals surface area contributed by atoms with Gasteiger partial charge in [0, 0.05) is 37.0 Å². The van der Waals surface area contributed by atoms with Crippen LogP contribution in [0.4, 0.5) is 5.69 Å². The maximum atomic E-state index is 13.4. The molecule has 2 saturated heterocycles. The van der Waals surface area contributed by atoms with E-state index in [9.17, 15) is 14.5 Å². The van der Waals surface area contributed by atoms with Crippen molar-refractivity contribution >= 4 is 17.5 Å². The van der Waals surface area contributed by atoms with Crippen molar-refractivity contribution in [2.45, 2.75) is 32.6 Å². The quantitative estimate of drug-likeness (QED) is 0.678. The van der Waals surface area contributed by atoms with Crippen LogP contribution in [-0.2, 0) is 14.3 Å². The van der Waals surface area contributed by atoms with Gasteiger partial charge < -0.3 is 9.64 Å². The number of nitrogens with zero attached hydrogens (tertiary/aromatic N) is 3. The largest absolute Gasteiger partial charge is 0.379 e. The van der Waals surface area contributed by atoms with Gasteiger partial charge in [0.15, 0.2) is 0 Å². The number of nitroso groups, excluding NO2 is 1. The third kappa shape index (κ3) is 4.25. The highest BCUT2D eigenvalue weighted by Crippen LogP contribution is 2.44. The molecule has 2 amide bonds. The summed E-state index contributed by atoms with van der Waals surface area (Å²) in [4.78, 5) is 39.7. The molecule has 2 heterocycles. The van der Waals surface area contributed by atoms with Gasteiger partial charge in [0.2, 0.25) is 5.91 Å². The average molecular weight is 424 g/mol. The maximum Gasteiger partial charge on any atom is 0.293 e. The molecule has 0 bridgehead atoms. The van der Waals surface area contributed by atoms with Crippen LogP contribution in [0.25, 0.3) is 0 Å². The number of benzene rings is 1. The lowest BCUT2D eigenvalue weighted by molar-refractivity contribution is -0.124. The monoisotopic (exact) mass is 423 g/mol. The summed E-state index contributed by atoms with van der Waals surface area (Å²) < 4.78 is 5.44. The predicted molar refractivity (Wildman–Crippen MR) is 119 cm³/mol. The lowest BCUT2D eigenvalue weighted by Gasteiger charge is -2.28. The molecule has 0 spiro atoms. The molecule has 1 aromatic carbocycles. The summed E-state index contributed by atoms with van der Waals surface area (Å²) in [6.45, 7) is 8.72. The molecule has 2 unspecified atom stereocenters. The standard InChI is InChI=1S/C24H29N3O4/c1-17(22(28)25-30)19-4-7-21(8-5-19)27-16-20-6-3-18(9-10-24(20,2)23(27)29)15-26-11-13-31-14-12-26/h3-8,17H,9-16H2,1-2H3. The fourth-order valence-electron chi connectivity index (χ4n) is 4.62. The van der Waals surface area contributed by atoms with Gasteiger partial charge in [-0.3, -0.25) is 14.5 Å². The summed E-state index contributed by atoms with van der Waals surface area (Å²) in [5.74, 6) is -1.15. The minimum absolute atomic E-state index is 0.117. The van der Waals surface area contributed by atoms with Crippen molar-refractivity contribution in [3.8, 4) is 0 Å². The highest BCUT2D eigenvalue weighted by molar-refractivity contribution is 6.03. The Labute approximate surface area is 182 Å². The Morgan fingerprint density at radius 1 is 1.19 bits per heavy atom. The normalized spacial score (nSPS) is 25.4. The number of amides is 2. The first-order valence-corrected chi connectivity index (χ1v) is 10.9. The number of anilines is 1. The summed E-state index contributed by atoms with van der Waals surface area (Å²) >= 11 is 0. The first-order chi connectivity index (χ1) is 14.9. The van der Waals surface area contributed by atoms with E-state index in [1.807, 2.05) is 17.0 Å². The van der Waals surface area contributed by atoms with Crippen molar-refractivity contribution in [2.75, 3.05) is 44.3 Å². The molecule has 2 aliphatic heterocycles. The molecule has 4 rings (SSSR count). The van der Waals surface area contributed by atoms with Gasteiger partial charge in [-0.25, -0.2) is 0 Å². The number of rotatable bonds is 5. The van der Waals surface area contributed by atoms with Crippen molar-refractivity contribution in [1.82, 2.24) is 4.90 Å². The molecule has 0 saturated carbocycles. The fraction of sp³-hybridized carbons (Fsp3) is 0.500. The average Bonchev–Trinajstić information content (AvgIpc) is 2.94. The van der Waals surface area contributed by atoms with Crippen LogP contribution in [0, 0.1) is 10.3 Å². The Bertz CT molecular complexity index is 931. The van der Waals surface area contributed by atoms with E-state index in [-0.39, 0.29) is 5.91 Å². The van der Waals surface area contributed by atoms with E-state index in [0.29, 0.717) is 6.54 Å². The number of morpholine rings is 1. The minimum atomic E-state index is -0.690. The van der Waals surface area contributed by atoms with Crippen molar-refractivity contribution in [3.63, 3.8) is 0 Å². The Morgan fingerprint density at radius 3 is 2.58 bits per heavy atom. The summed E-state index contributed by atoms with van der Waals surface area (Å²) in [5, 5.41) is 2.51. The molecule has 7 heteroatoms. The van der Waals surface area contributed by atoms with Gasteiger partial charge in [-0.2, -0.15) is 0 Å². The molecule has 2 fully saturated rings. The summed E-state index contributed by atoms with van der Waals surface area (Å²) in [5.41, 5.74) is 3.55. The topological polar surface area (TPSA) is 79.3 Å². The highest BCUT2D eigenvalue weighted by atomic mass is 16.5. The number of allylic oxidation sites excluding steroid dienone is 2. The van der Waals surface area contributed by atoms with Crippen LogP contribution in [0.5, 0.6) is 0 Å². The molecular weight excluding hydrogens is 394 g/mol. The maximum absolute atomic E-state index is 13.4. The Morgan fingerprint density at radius 2 is 1.90 bits per heavy atom. The third-order valence-corrected chi connectivity index (χ3v) is 6.92. The van der Waals surface area contributed by atoms with Gasteiger partial charge in [-0.05, 0) is 50.0 Å². The molecule has 0 aromatic heterocycles. The predicted octanol–water partition coefficient (Wildman–Crippen LogP) is 3.41. The van der Waals surface area contributed by atoms with Crippen LogP contribution in [0.3, 0.4) is 0 Å². The Kier molecular flexibility index (Phi) is 6.16. The second kappa shape index (κ2) is 8.85. The van der Waals surface area contributed by atoms with E-state index in [4.69, 9.17) is 4.74 Å². The Balaban J connectivity index is 1.49. The van der Waals surface area contributed by atoms with E-state index in [2.05, 4.69) is 29.2 Å². The molecule has 31 heavy (non-hydrogen) atoms. The minimum Gasteiger partial charge on any atom is -0.379 e. The van der Waals surface area contributed by atoms with Gasteiger partial charge in [0.25, 0.3) is 5.91 Å². The molecule has 7 nitrogen and oxygen atoms in total. The van der Waals surface area contributed by atoms with Crippen LogP contribution in [0.1, 0.15) is 38.2 Å². The smallest absolute Gasteiger partial charge is 0.293 e. The summed E-state index contributed by atoms with van der Waals surface area (Å²) in [6, 6.07) is 7.27. The number of fused-ring (bicyclic) bond motifs is 1. The SMILES string of the molecule is CC(C(=O)N=O)c1ccc(N2CC3=CC=C(CN4CCOCC4)CCC3(C)C2=O)cc1. The van der Waals surface area contributed by atoms with E-state index < -0.39 is 17.2 Å². The third-order valence-electron chi connectivity index (χ3n) is 6.92. The van der Waals surface area contributed by atoms with Gasteiger partial charge in [0.05, 0.1) is 24.5 Å². The highest BCUT2D eigenvalue weighted by Gasteiger charge is 2.47. The summed E-state index contributed by atoms with van der Waals surface area (Å²) in [6.07, 6.45) is 6.06. The molecule has 3 aliphatic rings. The fourth-order valence-corrected chi connectivity index (χ4v) is 4.62. The number of ether oxygens (including phenoxy) is 1. The molecule has 0 N–H and O–H groups in total. The van der Waals surface area contributed by atoms with Gasteiger partial charge in [-0.1, -0.05) is 29.9 Å². The van der Waals surface area contributed by atoms with Crippen LogP contribution < -0.4 is 4.90 Å². The molecule has 1 aliphatic carbocycles. The second-order valence-electron chi connectivity index (χ2n) is 8.87. The van der Waals surface area contributed by atoms with Crippen molar-refractivity contribution in [1.29, 1.82) is 0 Å². The number of hydrogen-bond donors (Lipinski definition) is 0. The first-order valence-electron chi connectivity index (χ1n) is 10.9. The van der Waals surface area contributed by atoms with Crippen molar-refractivity contribution < 1.29 is 14.3 Å². The van der Waals surface area contributed by atoms with Crippen LogP contribution >= 0.6 is 0 Å². The first kappa shape index (κ1) is 21.6. The Hall–Kier alpha value is -2.64. The number of carbonyl (C=O) groups excluding carboxylic acids is 2. The zero-order valence-electron chi connectivity index (χ0n) is 18.2. The van der Waals surface area contributed by atoms with Gasteiger partial charge in [-0.15, -0.1) is 4.91 Å². The van der Waals surface area contributed by atoms with Crippen LogP contribution in [0.2, 0.25) is 0 Å². The van der Waals surface area contributed by atoms with Crippen LogP contribution in [0.15, 0.2) is 52.7 Å². The van der Waals surface area contributed by atoms with E-state index in [1.54, 1.807) is 19.1 Å². The molecule has 1 aromatic rings. The van der Waals surface area contributed by atoms with Gasteiger partial charge >= 0.3 is 0 Å². The van der Waals surface area contributed by atoms with E-state index >= 15 is 0 Å². The van der Waals surface area contributed by atoms with E-state index in [1.165, 1.54) is 5.57 Å². The van der Waals surface area contributed by atoms with Gasteiger partial charge in [0.1, 0.15) is 0 Å². The summed E-state index contributed by atoms with van der Waals surface area (Å²) in [7, 11) is 0. The van der Waals surface area contributed by atoms with Crippen molar-refractivity contribution in [2.24, 2.45) is 10.6 Å². The van der Waals surface area contributed by atoms with Crippen molar-refractivity contribution in [3.05, 3.63) is 58.0 Å². The lowest BCUT2D eigenvalue weighted by Crippen LogP contribution is -2.37. The molecule has 0 radical (unpaired) electrons. The van der Waals surface area contributed by atoms with Crippen LogP contribution in [-0.4, -0.2) is 56.1 Å². The zero-order valence-corrected chi connectivity index (χ0v) is 18.2. The molecule has 2 atom stereocenters. The van der Waals surface area contributed by atoms with E-state index in [0.717, 1.165) is 62.5 Å².